The van der Waals surface area contributed by atoms with Gasteiger partial charge >= 0.3 is 0 Å². The highest BCUT2D eigenvalue weighted by atomic mass is 14.9. The maximum Gasteiger partial charge on any atom is -0.00205 e. The van der Waals surface area contributed by atoms with E-state index < -0.39 is 0 Å². The Kier molecular flexibility index (Phi) is 7.76. The summed E-state index contributed by atoms with van der Waals surface area (Å²) in [5.74, 6) is 2.31. The van der Waals surface area contributed by atoms with Crippen LogP contribution in [0.5, 0.6) is 0 Å². The molecule has 0 radical (unpaired) electrons. The molecule has 90 valence electrons. The highest BCUT2D eigenvalue weighted by Crippen LogP contribution is 2.18. The van der Waals surface area contributed by atoms with Gasteiger partial charge in [-0.15, -0.1) is 6.58 Å². The van der Waals surface area contributed by atoms with E-state index in [1.165, 1.54) is 18.4 Å². The van der Waals surface area contributed by atoms with E-state index in [0.717, 1.165) is 30.8 Å². The van der Waals surface area contributed by atoms with Crippen LogP contribution in [-0.4, -0.2) is 13.1 Å². The molecular weight excluding hydrogens is 182 g/mol. The second-order valence-electron chi connectivity index (χ2n) is 5.50. The first kappa shape index (κ1) is 14.7. The van der Waals surface area contributed by atoms with Crippen LogP contribution in [0.3, 0.4) is 0 Å². The lowest BCUT2D eigenvalue weighted by Gasteiger charge is -2.21. The topological polar surface area (TPSA) is 12.0 Å². The summed E-state index contributed by atoms with van der Waals surface area (Å²) in [6.07, 6.45) is 2.45. The summed E-state index contributed by atoms with van der Waals surface area (Å²) in [6, 6.07) is 0. The third-order valence-electron chi connectivity index (χ3n) is 3.02. The molecule has 0 aromatic carbocycles. The summed E-state index contributed by atoms with van der Waals surface area (Å²) in [5.41, 5.74) is 1.31. The zero-order valence-electron chi connectivity index (χ0n) is 11.3. The minimum atomic E-state index is 0.753. The number of rotatable bonds is 8. The Balaban J connectivity index is 3.59. The van der Waals surface area contributed by atoms with Crippen molar-refractivity contribution in [2.45, 2.75) is 47.5 Å². The van der Waals surface area contributed by atoms with Crippen LogP contribution in [0, 0.1) is 17.8 Å². The van der Waals surface area contributed by atoms with Crippen LogP contribution < -0.4 is 5.32 Å². The maximum atomic E-state index is 3.96. The van der Waals surface area contributed by atoms with Crippen molar-refractivity contribution in [2.75, 3.05) is 13.1 Å². The molecule has 0 aliphatic carbocycles. The molecule has 0 rings (SSSR count). The molecule has 2 atom stereocenters. The normalized spacial score (nSPS) is 15.3. The standard InChI is InChI=1S/C14H29N/c1-11(2)7-8-13(5)14(6)10-15-9-12(3)4/h12-15H,1,7-10H2,2-6H3. The van der Waals surface area contributed by atoms with Crippen LogP contribution in [0.15, 0.2) is 12.2 Å². The van der Waals surface area contributed by atoms with E-state index in [1.807, 2.05) is 0 Å². The van der Waals surface area contributed by atoms with Gasteiger partial charge in [-0.3, -0.25) is 0 Å². The van der Waals surface area contributed by atoms with Crippen molar-refractivity contribution in [2.24, 2.45) is 17.8 Å². The zero-order chi connectivity index (χ0) is 11.8. The Morgan fingerprint density at radius 3 is 2.13 bits per heavy atom. The molecule has 1 heteroatoms. The first-order chi connectivity index (χ1) is 6.93. The van der Waals surface area contributed by atoms with E-state index >= 15 is 0 Å². The van der Waals surface area contributed by atoms with Gasteiger partial charge in [-0.1, -0.05) is 33.3 Å². The minimum absolute atomic E-state index is 0.753. The van der Waals surface area contributed by atoms with Crippen molar-refractivity contribution in [3.63, 3.8) is 0 Å². The smallest absolute Gasteiger partial charge is 0.00205 e. The molecule has 2 unspecified atom stereocenters. The number of hydrogen-bond acceptors (Lipinski definition) is 1. The van der Waals surface area contributed by atoms with Crippen molar-refractivity contribution >= 4 is 0 Å². The summed E-state index contributed by atoms with van der Waals surface area (Å²) in [7, 11) is 0. The van der Waals surface area contributed by atoms with Crippen molar-refractivity contribution in [1.82, 2.24) is 5.32 Å². The fourth-order valence-electron chi connectivity index (χ4n) is 1.56. The van der Waals surface area contributed by atoms with E-state index in [1.54, 1.807) is 0 Å². The predicted octanol–water partition coefficient (Wildman–Crippen LogP) is 3.86. The van der Waals surface area contributed by atoms with Crippen LogP contribution in [-0.2, 0) is 0 Å². The average Bonchev–Trinajstić information content (AvgIpc) is 2.13. The van der Waals surface area contributed by atoms with Gasteiger partial charge < -0.3 is 5.32 Å². The summed E-state index contributed by atoms with van der Waals surface area (Å²) < 4.78 is 0. The zero-order valence-corrected chi connectivity index (χ0v) is 11.3. The van der Waals surface area contributed by atoms with Gasteiger partial charge in [-0.05, 0) is 50.6 Å². The van der Waals surface area contributed by atoms with E-state index in [4.69, 9.17) is 0 Å². The Morgan fingerprint density at radius 2 is 1.67 bits per heavy atom. The molecule has 0 fully saturated rings. The fraction of sp³-hybridized carbons (Fsp3) is 0.857. The molecule has 0 aliphatic heterocycles. The second-order valence-corrected chi connectivity index (χ2v) is 5.50. The number of nitrogens with one attached hydrogen (secondary N) is 1. The highest BCUT2D eigenvalue weighted by Gasteiger charge is 2.11. The van der Waals surface area contributed by atoms with Crippen LogP contribution in [0.4, 0.5) is 0 Å². The lowest BCUT2D eigenvalue weighted by atomic mass is 9.90. The van der Waals surface area contributed by atoms with E-state index in [9.17, 15) is 0 Å². The van der Waals surface area contributed by atoms with Gasteiger partial charge in [-0.25, -0.2) is 0 Å². The molecule has 1 N–H and O–H groups in total. The Hall–Kier alpha value is -0.300. The van der Waals surface area contributed by atoms with Crippen LogP contribution >= 0.6 is 0 Å². The monoisotopic (exact) mass is 211 g/mol. The molecule has 1 nitrogen and oxygen atoms in total. The summed E-state index contributed by atoms with van der Waals surface area (Å²) in [5, 5.41) is 3.53. The van der Waals surface area contributed by atoms with Gasteiger partial charge in [0.05, 0.1) is 0 Å². The third-order valence-corrected chi connectivity index (χ3v) is 3.02. The SMILES string of the molecule is C=C(C)CCC(C)C(C)CNCC(C)C. The van der Waals surface area contributed by atoms with E-state index in [-0.39, 0.29) is 0 Å². The molecule has 0 spiro atoms. The predicted molar refractivity (Wildman–Crippen MR) is 70.1 cm³/mol. The van der Waals surface area contributed by atoms with Crippen molar-refractivity contribution in [3.8, 4) is 0 Å². The van der Waals surface area contributed by atoms with Gasteiger partial charge in [-0.2, -0.15) is 0 Å². The lowest BCUT2D eigenvalue weighted by molar-refractivity contribution is 0.341. The molecular formula is C14H29N. The maximum absolute atomic E-state index is 3.96. The summed E-state index contributed by atoms with van der Waals surface area (Å²) in [6.45, 7) is 17.6. The lowest BCUT2D eigenvalue weighted by Crippen LogP contribution is -2.28. The van der Waals surface area contributed by atoms with Crippen molar-refractivity contribution in [3.05, 3.63) is 12.2 Å². The Bertz CT molecular complexity index is 172. The minimum Gasteiger partial charge on any atom is -0.316 e. The second kappa shape index (κ2) is 7.92. The molecule has 0 saturated heterocycles. The summed E-state index contributed by atoms with van der Waals surface area (Å²) in [4.78, 5) is 0. The molecule has 0 saturated carbocycles. The average molecular weight is 211 g/mol. The molecule has 0 aromatic heterocycles. The first-order valence-electron chi connectivity index (χ1n) is 6.28. The van der Waals surface area contributed by atoms with Crippen molar-refractivity contribution in [1.29, 1.82) is 0 Å². The first-order valence-corrected chi connectivity index (χ1v) is 6.28. The molecule has 0 bridgehead atoms. The molecule has 15 heavy (non-hydrogen) atoms. The largest absolute Gasteiger partial charge is 0.316 e. The third kappa shape index (κ3) is 8.68. The van der Waals surface area contributed by atoms with Gasteiger partial charge in [0.2, 0.25) is 0 Å². The van der Waals surface area contributed by atoms with Gasteiger partial charge in [0.25, 0.3) is 0 Å². The number of hydrogen-bond donors (Lipinski definition) is 1. The molecule has 0 amide bonds. The number of allylic oxidation sites excluding steroid dienone is 1. The van der Waals surface area contributed by atoms with Crippen LogP contribution in [0.25, 0.3) is 0 Å². The van der Waals surface area contributed by atoms with Crippen molar-refractivity contribution < 1.29 is 0 Å². The summed E-state index contributed by atoms with van der Waals surface area (Å²) >= 11 is 0. The molecule has 0 heterocycles. The molecule has 0 aliphatic rings. The Morgan fingerprint density at radius 1 is 1.07 bits per heavy atom. The van der Waals surface area contributed by atoms with Gasteiger partial charge in [0.15, 0.2) is 0 Å². The van der Waals surface area contributed by atoms with Crippen LogP contribution in [0.1, 0.15) is 47.5 Å². The van der Waals surface area contributed by atoms with Crippen LogP contribution in [0.2, 0.25) is 0 Å². The molecule has 0 aromatic rings. The highest BCUT2D eigenvalue weighted by molar-refractivity contribution is 4.88. The fourth-order valence-corrected chi connectivity index (χ4v) is 1.56. The van der Waals surface area contributed by atoms with Gasteiger partial charge in [0.1, 0.15) is 0 Å². The Labute approximate surface area is 96.3 Å². The van der Waals surface area contributed by atoms with Gasteiger partial charge in [0, 0.05) is 0 Å². The van der Waals surface area contributed by atoms with E-state index in [0.29, 0.717) is 0 Å². The quantitative estimate of drug-likeness (QED) is 0.601. The van der Waals surface area contributed by atoms with E-state index in [2.05, 4.69) is 46.5 Å².